The Hall–Kier alpha value is -3.79. The number of esters is 1. The molecule has 0 aromatic heterocycles. The number of hydrogen-bond donors (Lipinski definition) is 1. The van der Waals surface area contributed by atoms with Gasteiger partial charge in [-0.1, -0.05) is 35.5 Å². The fourth-order valence-corrected chi connectivity index (χ4v) is 3.94. The third-order valence-electron chi connectivity index (χ3n) is 4.81. The third kappa shape index (κ3) is 5.17. The highest BCUT2D eigenvalue weighted by Crippen LogP contribution is 2.34. The highest BCUT2D eigenvalue weighted by atomic mass is 32.2. The maximum absolute atomic E-state index is 13.3. The van der Waals surface area contributed by atoms with E-state index in [1.807, 2.05) is 37.3 Å². The van der Waals surface area contributed by atoms with Gasteiger partial charge in [-0.2, -0.15) is 0 Å². The van der Waals surface area contributed by atoms with Crippen LogP contribution >= 0.6 is 11.8 Å². The molecule has 0 bridgehead atoms. The Morgan fingerprint density at radius 2 is 1.94 bits per heavy atom. The van der Waals surface area contributed by atoms with Crippen LogP contribution in [0.25, 0.3) is 6.08 Å². The average Bonchev–Trinajstić information content (AvgIpc) is 3.40. The van der Waals surface area contributed by atoms with Gasteiger partial charge in [-0.3, -0.25) is 19.3 Å². The van der Waals surface area contributed by atoms with Crippen molar-refractivity contribution in [2.45, 2.75) is 6.92 Å². The van der Waals surface area contributed by atoms with Crippen LogP contribution < -0.4 is 19.7 Å². The number of carbonyl (C=O) groups is 3. The fourth-order valence-electron chi connectivity index (χ4n) is 3.10. The predicted molar refractivity (Wildman–Crippen MR) is 124 cm³/mol. The van der Waals surface area contributed by atoms with Crippen molar-refractivity contribution in [1.29, 1.82) is 0 Å². The lowest BCUT2D eigenvalue weighted by Gasteiger charge is -2.18. The minimum absolute atomic E-state index is 0.0250. The SMILES string of the molecule is COC(=O)CNC(=O)CSC1=N/C(=C\c2ccc3c(c2)OCO3)C(=O)N1c1ccc(C)cc1. The van der Waals surface area contributed by atoms with Crippen LogP contribution in [0.15, 0.2) is 53.2 Å². The van der Waals surface area contributed by atoms with Gasteiger partial charge in [0.1, 0.15) is 12.2 Å². The van der Waals surface area contributed by atoms with Crippen LogP contribution in [0.2, 0.25) is 0 Å². The number of hydrogen-bond acceptors (Lipinski definition) is 8. The van der Waals surface area contributed by atoms with E-state index < -0.39 is 5.97 Å². The van der Waals surface area contributed by atoms with Crippen LogP contribution in [0.5, 0.6) is 11.5 Å². The second-order valence-corrected chi connectivity index (χ2v) is 8.10. The summed E-state index contributed by atoms with van der Waals surface area (Å²) in [5, 5.41) is 2.84. The van der Waals surface area contributed by atoms with Crippen LogP contribution in [-0.4, -0.2) is 49.2 Å². The number of nitrogens with zero attached hydrogens (tertiary/aromatic N) is 2. The second kappa shape index (κ2) is 9.78. The number of thioether (sulfide) groups is 1. The van der Waals surface area contributed by atoms with Crippen LogP contribution in [0, 0.1) is 6.92 Å². The molecule has 0 saturated heterocycles. The Bertz CT molecular complexity index is 1160. The Balaban J connectivity index is 1.57. The number of anilines is 1. The van der Waals surface area contributed by atoms with Crippen molar-refractivity contribution in [2.24, 2.45) is 4.99 Å². The second-order valence-electron chi connectivity index (χ2n) is 7.15. The average molecular weight is 468 g/mol. The first-order chi connectivity index (χ1) is 15.9. The van der Waals surface area contributed by atoms with Gasteiger partial charge in [-0.15, -0.1) is 0 Å². The van der Waals surface area contributed by atoms with Crippen molar-refractivity contribution in [1.82, 2.24) is 5.32 Å². The highest BCUT2D eigenvalue weighted by molar-refractivity contribution is 8.14. The van der Waals surface area contributed by atoms with Crippen molar-refractivity contribution in [3.8, 4) is 11.5 Å². The summed E-state index contributed by atoms with van der Waals surface area (Å²) in [6, 6.07) is 12.8. The van der Waals surface area contributed by atoms with E-state index in [9.17, 15) is 14.4 Å². The van der Waals surface area contributed by atoms with Crippen LogP contribution in [0.4, 0.5) is 5.69 Å². The molecule has 170 valence electrons. The largest absolute Gasteiger partial charge is 0.468 e. The molecule has 0 atom stereocenters. The standard InChI is InChI=1S/C23H21N3O6S/c1-14-3-6-16(7-4-14)26-22(29)17(9-15-5-8-18-19(10-15)32-13-31-18)25-23(26)33-12-20(27)24-11-21(28)30-2/h3-10H,11-13H2,1-2H3,(H,24,27)/b17-9-. The molecule has 4 rings (SSSR count). The quantitative estimate of drug-likeness (QED) is 0.514. The maximum Gasteiger partial charge on any atom is 0.325 e. The minimum atomic E-state index is -0.544. The number of nitrogens with one attached hydrogen (secondary N) is 1. The predicted octanol–water partition coefficient (Wildman–Crippen LogP) is 2.49. The van der Waals surface area contributed by atoms with Gasteiger partial charge in [0.05, 0.1) is 18.6 Å². The zero-order valence-electron chi connectivity index (χ0n) is 18.0. The lowest BCUT2D eigenvalue weighted by atomic mass is 10.1. The van der Waals surface area contributed by atoms with E-state index in [0.717, 1.165) is 22.9 Å². The van der Waals surface area contributed by atoms with Crippen molar-refractivity contribution in [3.05, 3.63) is 59.3 Å². The molecule has 0 radical (unpaired) electrons. The normalized spacial score (nSPS) is 15.6. The molecule has 10 heteroatoms. The van der Waals surface area contributed by atoms with Gasteiger partial charge < -0.3 is 19.5 Å². The molecule has 2 aromatic carbocycles. The summed E-state index contributed by atoms with van der Waals surface area (Å²) in [5.41, 5.74) is 2.65. The van der Waals surface area contributed by atoms with Gasteiger partial charge >= 0.3 is 5.97 Å². The van der Waals surface area contributed by atoms with Crippen molar-refractivity contribution in [3.63, 3.8) is 0 Å². The highest BCUT2D eigenvalue weighted by Gasteiger charge is 2.32. The maximum atomic E-state index is 13.3. The molecular formula is C23H21N3O6S. The van der Waals surface area contributed by atoms with Crippen LogP contribution in [-0.2, 0) is 19.1 Å². The first-order valence-corrected chi connectivity index (χ1v) is 11.0. The monoisotopic (exact) mass is 467 g/mol. The number of ether oxygens (including phenoxy) is 3. The van der Waals surface area contributed by atoms with Gasteiger partial charge in [0, 0.05) is 0 Å². The third-order valence-corrected chi connectivity index (χ3v) is 5.75. The Morgan fingerprint density at radius 1 is 1.18 bits per heavy atom. The molecule has 2 aromatic rings. The topological polar surface area (TPSA) is 107 Å². The number of benzene rings is 2. The summed E-state index contributed by atoms with van der Waals surface area (Å²) in [6.45, 7) is 1.89. The van der Waals surface area contributed by atoms with Gasteiger partial charge in [0.2, 0.25) is 12.7 Å². The van der Waals surface area contributed by atoms with E-state index in [0.29, 0.717) is 22.4 Å². The van der Waals surface area contributed by atoms with E-state index in [2.05, 4.69) is 15.0 Å². The summed E-state index contributed by atoms with van der Waals surface area (Å²) in [7, 11) is 1.25. The summed E-state index contributed by atoms with van der Waals surface area (Å²) >= 11 is 1.10. The van der Waals surface area contributed by atoms with E-state index in [1.165, 1.54) is 12.0 Å². The van der Waals surface area contributed by atoms with E-state index >= 15 is 0 Å². The molecule has 0 unspecified atom stereocenters. The number of aliphatic imine (C=N–C) groups is 1. The molecule has 2 amide bonds. The molecule has 0 spiro atoms. The molecule has 9 nitrogen and oxygen atoms in total. The molecule has 2 aliphatic rings. The van der Waals surface area contributed by atoms with E-state index in [1.54, 1.807) is 18.2 Å². The molecule has 0 saturated carbocycles. The Morgan fingerprint density at radius 3 is 2.70 bits per heavy atom. The fraction of sp³-hybridized carbons (Fsp3) is 0.217. The first kappa shape index (κ1) is 22.4. The molecule has 2 aliphatic heterocycles. The molecule has 2 heterocycles. The van der Waals surface area contributed by atoms with E-state index in [-0.39, 0.29) is 36.6 Å². The number of amides is 2. The zero-order valence-corrected chi connectivity index (χ0v) is 18.8. The molecule has 0 aliphatic carbocycles. The summed E-state index contributed by atoms with van der Waals surface area (Å²) in [5.74, 6) is -0.00790. The minimum Gasteiger partial charge on any atom is -0.468 e. The Kier molecular flexibility index (Phi) is 6.64. The lowest BCUT2D eigenvalue weighted by molar-refractivity contribution is -0.140. The smallest absolute Gasteiger partial charge is 0.325 e. The first-order valence-electron chi connectivity index (χ1n) is 10.0. The molecular weight excluding hydrogens is 446 g/mol. The molecule has 1 N–H and O–H groups in total. The van der Waals surface area contributed by atoms with Crippen molar-refractivity contribution in [2.75, 3.05) is 31.1 Å². The Labute approximate surface area is 194 Å². The van der Waals surface area contributed by atoms with Crippen LogP contribution in [0.1, 0.15) is 11.1 Å². The van der Waals surface area contributed by atoms with Gasteiger partial charge in [0.15, 0.2) is 16.7 Å². The summed E-state index contributed by atoms with van der Waals surface area (Å²) in [6.07, 6.45) is 1.66. The van der Waals surface area contributed by atoms with Crippen molar-refractivity contribution >= 4 is 46.5 Å². The number of aryl methyl sites for hydroxylation is 1. The lowest BCUT2D eigenvalue weighted by Crippen LogP contribution is -2.34. The van der Waals surface area contributed by atoms with E-state index in [4.69, 9.17) is 9.47 Å². The number of fused-ring (bicyclic) bond motifs is 1. The zero-order chi connectivity index (χ0) is 23.4. The summed E-state index contributed by atoms with van der Waals surface area (Å²) < 4.78 is 15.2. The van der Waals surface area contributed by atoms with Crippen molar-refractivity contribution < 1.29 is 28.6 Å². The van der Waals surface area contributed by atoms with Gasteiger partial charge in [-0.05, 0) is 42.8 Å². The number of amidine groups is 1. The van der Waals surface area contributed by atoms with Crippen LogP contribution in [0.3, 0.4) is 0 Å². The van der Waals surface area contributed by atoms with Gasteiger partial charge in [-0.25, -0.2) is 4.99 Å². The van der Waals surface area contributed by atoms with Gasteiger partial charge in [0.25, 0.3) is 5.91 Å². The molecule has 33 heavy (non-hydrogen) atoms. The summed E-state index contributed by atoms with van der Waals surface area (Å²) in [4.78, 5) is 42.6. The number of methoxy groups -OCH3 is 1. The molecule has 0 fully saturated rings. The number of rotatable bonds is 6. The number of carbonyl (C=O) groups excluding carboxylic acids is 3.